The molecule has 1 aromatic rings. The van der Waals surface area contributed by atoms with Gasteiger partial charge in [0.05, 0.1) is 5.75 Å². The topological polar surface area (TPSA) is 68.0 Å². The number of thioether (sulfide) groups is 1. The lowest BCUT2D eigenvalue weighted by atomic mass is 10.1. The predicted molar refractivity (Wildman–Crippen MR) is 81.2 cm³/mol. The third-order valence-electron chi connectivity index (χ3n) is 2.95. The Bertz CT molecular complexity index is 438. The van der Waals surface area contributed by atoms with Gasteiger partial charge in [0.2, 0.25) is 0 Å². The fourth-order valence-electron chi connectivity index (χ4n) is 2.07. The van der Waals surface area contributed by atoms with Crippen LogP contribution in [0.4, 0.5) is 0 Å². The standard InChI is InChI=1S/C14H25N3O2S/c1-5-6-7-8-9-11-15-16-13(20-10-12(18)19)17(11)14(2,3)4/h5-10H2,1-4H3,(H,18,19). The average molecular weight is 299 g/mol. The van der Waals surface area contributed by atoms with E-state index in [0.29, 0.717) is 5.16 Å². The number of hydrogen-bond acceptors (Lipinski definition) is 4. The molecule has 0 radical (unpaired) electrons. The van der Waals surface area contributed by atoms with Crippen molar-refractivity contribution in [1.82, 2.24) is 14.8 Å². The van der Waals surface area contributed by atoms with Gasteiger partial charge in [0.15, 0.2) is 5.16 Å². The molecular formula is C14H25N3O2S. The molecule has 1 N–H and O–H groups in total. The summed E-state index contributed by atoms with van der Waals surface area (Å²) in [6, 6.07) is 0. The lowest BCUT2D eigenvalue weighted by Gasteiger charge is -2.24. The molecule has 0 aliphatic carbocycles. The zero-order valence-corrected chi connectivity index (χ0v) is 13.7. The number of aliphatic carboxylic acids is 1. The Balaban J connectivity index is 2.81. The van der Waals surface area contributed by atoms with Gasteiger partial charge in [-0.15, -0.1) is 10.2 Å². The van der Waals surface area contributed by atoms with E-state index in [-0.39, 0.29) is 11.3 Å². The van der Waals surface area contributed by atoms with Gasteiger partial charge in [-0.25, -0.2) is 0 Å². The average Bonchev–Trinajstić information content (AvgIpc) is 2.75. The van der Waals surface area contributed by atoms with Crippen LogP contribution in [0.15, 0.2) is 5.16 Å². The second-order valence-corrected chi connectivity index (χ2v) is 6.84. The monoisotopic (exact) mass is 299 g/mol. The number of nitrogens with zero attached hydrogens (tertiary/aromatic N) is 3. The predicted octanol–water partition coefficient (Wildman–Crippen LogP) is 3.33. The zero-order valence-electron chi connectivity index (χ0n) is 12.8. The lowest BCUT2D eigenvalue weighted by Crippen LogP contribution is -2.25. The molecule has 114 valence electrons. The molecule has 1 aromatic heterocycles. The molecule has 1 heterocycles. The summed E-state index contributed by atoms with van der Waals surface area (Å²) in [4.78, 5) is 10.7. The van der Waals surface area contributed by atoms with Gasteiger partial charge in [-0.1, -0.05) is 37.9 Å². The molecule has 0 aliphatic heterocycles. The fraction of sp³-hybridized carbons (Fsp3) is 0.786. The molecule has 0 amide bonds. The van der Waals surface area contributed by atoms with E-state index in [0.717, 1.165) is 18.7 Å². The van der Waals surface area contributed by atoms with Gasteiger partial charge in [-0.05, 0) is 27.2 Å². The number of carboxylic acids is 1. The van der Waals surface area contributed by atoms with E-state index in [1.165, 1.54) is 31.0 Å². The Morgan fingerprint density at radius 3 is 2.50 bits per heavy atom. The molecular weight excluding hydrogens is 274 g/mol. The van der Waals surface area contributed by atoms with Gasteiger partial charge in [0, 0.05) is 12.0 Å². The van der Waals surface area contributed by atoms with Gasteiger partial charge < -0.3 is 9.67 Å². The van der Waals surface area contributed by atoms with Crippen LogP contribution in [0.3, 0.4) is 0 Å². The summed E-state index contributed by atoms with van der Waals surface area (Å²) in [6.45, 7) is 8.47. The highest BCUT2D eigenvalue weighted by Crippen LogP contribution is 2.26. The summed E-state index contributed by atoms with van der Waals surface area (Å²) in [6.07, 6.45) is 5.66. The van der Waals surface area contributed by atoms with Crippen LogP contribution in [-0.2, 0) is 16.8 Å². The number of carboxylic acid groups (broad SMARTS) is 1. The van der Waals surface area contributed by atoms with Crippen LogP contribution in [-0.4, -0.2) is 31.6 Å². The number of aryl methyl sites for hydroxylation is 1. The first-order valence-corrected chi connectivity index (χ1v) is 8.14. The summed E-state index contributed by atoms with van der Waals surface area (Å²) in [5.74, 6) is 0.147. The Kier molecular flexibility index (Phi) is 6.52. The molecule has 0 unspecified atom stereocenters. The van der Waals surface area contributed by atoms with E-state index in [9.17, 15) is 4.79 Å². The van der Waals surface area contributed by atoms with Crippen LogP contribution in [0.5, 0.6) is 0 Å². The highest BCUT2D eigenvalue weighted by atomic mass is 32.2. The Morgan fingerprint density at radius 2 is 1.95 bits per heavy atom. The summed E-state index contributed by atoms with van der Waals surface area (Å²) < 4.78 is 2.08. The van der Waals surface area contributed by atoms with E-state index in [4.69, 9.17) is 5.11 Å². The van der Waals surface area contributed by atoms with Crippen LogP contribution in [0.2, 0.25) is 0 Å². The van der Waals surface area contributed by atoms with E-state index < -0.39 is 5.97 Å². The van der Waals surface area contributed by atoms with Crippen molar-refractivity contribution in [1.29, 1.82) is 0 Å². The Hall–Kier alpha value is -1.04. The lowest BCUT2D eigenvalue weighted by molar-refractivity contribution is -0.133. The van der Waals surface area contributed by atoms with Gasteiger partial charge >= 0.3 is 5.97 Å². The van der Waals surface area contributed by atoms with E-state index in [1.807, 2.05) is 0 Å². The highest BCUT2D eigenvalue weighted by Gasteiger charge is 2.23. The number of unbranched alkanes of at least 4 members (excludes halogenated alkanes) is 3. The fourth-order valence-corrected chi connectivity index (χ4v) is 2.93. The van der Waals surface area contributed by atoms with Crippen LogP contribution in [0.25, 0.3) is 0 Å². The maximum absolute atomic E-state index is 10.7. The van der Waals surface area contributed by atoms with Gasteiger partial charge in [-0.2, -0.15) is 0 Å². The summed E-state index contributed by atoms with van der Waals surface area (Å²) in [5.41, 5.74) is -0.134. The smallest absolute Gasteiger partial charge is 0.313 e. The zero-order chi connectivity index (χ0) is 15.2. The van der Waals surface area contributed by atoms with Crippen molar-refractivity contribution in [3.63, 3.8) is 0 Å². The van der Waals surface area contributed by atoms with E-state index in [1.54, 1.807) is 0 Å². The molecule has 20 heavy (non-hydrogen) atoms. The summed E-state index contributed by atoms with van der Waals surface area (Å²) in [7, 11) is 0. The third-order valence-corrected chi connectivity index (χ3v) is 3.86. The van der Waals surface area contributed by atoms with Crippen molar-refractivity contribution in [3.05, 3.63) is 5.82 Å². The molecule has 0 bridgehead atoms. The van der Waals surface area contributed by atoms with Gasteiger partial charge in [0.1, 0.15) is 5.82 Å². The molecule has 6 heteroatoms. The largest absolute Gasteiger partial charge is 0.481 e. The maximum atomic E-state index is 10.7. The van der Waals surface area contributed by atoms with Crippen molar-refractivity contribution >= 4 is 17.7 Å². The van der Waals surface area contributed by atoms with Gasteiger partial charge in [0.25, 0.3) is 0 Å². The maximum Gasteiger partial charge on any atom is 0.313 e. The number of aromatic nitrogens is 3. The summed E-state index contributed by atoms with van der Waals surface area (Å²) >= 11 is 1.24. The number of carbonyl (C=O) groups is 1. The van der Waals surface area contributed by atoms with E-state index >= 15 is 0 Å². The number of rotatable bonds is 8. The molecule has 0 aromatic carbocycles. The van der Waals surface area contributed by atoms with Gasteiger partial charge in [-0.3, -0.25) is 4.79 Å². The SMILES string of the molecule is CCCCCCc1nnc(SCC(=O)O)n1C(C)(C)C. The number of hydrogen-bond donors (Lipinski definition) is 1. The third kappa shape index (κ3) is 5.15. The van der Waals surface area contributed by atoms with Crippen molar-refractivity contribution < 1.29 is 9.90 Å². The minimum Gasteiger partial charge on any atom is -0.481 e. The van der Waals surface area contributed by atoms with Crippen molar-refractivity contribution in [2.24, 2.45) is 0 Å². The first kappa shape index (κ1) is 17.0. The van der Waals surface area contributed by atoms with E-state index in [2.05, 4.69) is 42.5 Å². The molecule has 0 fully saturated rings. The molecule has 0 aliphatic rings. The molecule has 5 nitrogen and oxygen atoms in total. The minimum absolute atomic E-state index is 0.0179. The second kappa shape index (κ2) is 7.67. The first-order chi connectivity index (χ1) is 9.36. The van der Waals surface area contributed by atoms with Crippen LogP contribution in [0, 0.1) is 0 Å². The second-order valence-electron chi connectivity index (χ2n) is 5.90. The van der Waals surface area contributed by atoms with Crippen molar-refractivity contribution in [2.45, 2.75) is 70.5 Å². The first-order valence-electron chi connectivity index (χ1n) is 7.15. The summed E-state index contributed by atoms with van der Waals surface area (Å²) in [5, 5.41) is 17.9. The molecule has 0 saturated carbocycles. The normalized spacial score (nSPS) is 11.8. The van der Waals surface area contributed by atoms with Crippen LogP contribution < -0.4 is 0 Å². The Morgan fingerprint density at radius 1 is 1.25 bits per heavy atom. The van der Waals surface area contributed by atoms with Crippen LogP contribution in [0.1, 0.15) is 59.2 Å². The molecule has 0 spiro atoms. The minimum atomic E-state index is -0.831. The van der Waals surface area contributed by atoms with Crippen LogP contribution >= 0.6 is 11.8 Å². The van der Waals surface area contributed by atoms with Crippen molar-refractivity contribution in [3.8, 4) is 0 Å². The quantitative estimate of drug-likeness (QED) is 0.589. The van der Waals surface area contributed by atoms with Crippen molar-refractivity contribution in [2.75, 3.05) is 5.75 Å². The molecule has 0 saturated heterocycles. The highest BCUT2D eigenvalue weighted by molar-refractivity contribution is 7.99. The molecule has 1 rings (SSSR count). The Labute approximate surface area is 125 Å². The molecule has 0 atom stereocenters.